The molecule has 98 valence electrons. The molecule has 7 heteroatoms. The maximum absolute atomic E-state index is 11.4. The van der Waals surface area contributed by atoms with Crippen LogP contribution < -0.4 is 5.32 Å². The van der Waals surface area contributed by atoms with Crippen molar-refractivity contribution < 1.29 is 24.2 Å². The molecule has 1 heterocycles. The minimum atomic E-state index is -1.12. The maximum atomic E-state index is 11.4. The Balaban J connectivity index is 2.37. The number of aromatic carboxylic acids is 1. The lowest BCUT2D eigenvalue weighted by Gasteiger charge is -2.05. The fourth-order valence-corrected chi connectivity index (χ4v) is 1.10. The number of carbonyl (C=O) groups is 2. The zero-order valence-electron chi connectivity index (χ0n) is 9.88. The van der Waals surface area contributed by atoms with Crippen molar-refractivity contribution in [2.24, 2.45) is 0 Å². The van der Waals surface area contributed by atoms with Gasteiger partial charge in [0.2, 0.25) is 5.91 Å². The van der Waals surface area contributed by atoms with Gasteiger partial charge in [-0.1, -0.05) is 0 Å². The summed E-state index contributed by atoms with van der Waals surface area (Å²) in [5.41, 5.74) is 0.338. The fraction of sp³-hybridized carbons (Fsp3) is 0.364. The summed E-state index contributed by atoms with van der Waals surface area (Å²) in [6.45, 7) is 0.659. The van der Waals surface area contributed by atoms with E-state index >= 15 is 0 Å². The van der Waals surface area contributed by atoms with Crippen LogP contribution in [0.1, 0.15) is 10.5 Å². The molecule has 0 aliphatic carbocycles. The van der Waals surface area contributed by atoms with E-state index in [2.05, 4.69) is 10.3 Å². The van der Waals surface area contributed by atoms with Crippen LogP contribution in [0.4, 0.5) is 5.69 Å². The van der Waals surface area contributed by atoms with Gasteiger partial charge in [0.1, 0.15) is 12.3 Å². The number of anilines is 1. The van der Waals surface area contributed by atoms with Crippen LogP contribution in [0.2, 0.25) is 0 Å². The average Bonchev–Trinajstić information content (AvgIpc) is 2.35. The molecule has 1 aromatic heterocycles. The molecule has 0 saturated heterocycles. The summed E-state index contributed by atoms with van der Waals surface area (Å²) >= 11 is 0. The van der Waals surface area contributed by atoms with Gasteiger partial charge in [-0.15, -0.1) is 0 Å². The van der Waals surface area contributed by atoms with Gasteiger partial charge < -0.3 is 19.9 Å². The first-order chi connectivity index (χ1) is 8.63. The third kappa shape index (κ3) is 4.89. The number of rotatable bonds is 7. The van der Waals surface area contributed by atoms with Gasteiger partial charge in [0.25, 0.3) is 0 Å². The van der Waals surface area contributed by atoms with Crippen LogP contribution >= 0.6 is 0 Å². The van der Waals surface area contributed by atoms with Crippen LogP contribution in [0, 0.1) is 0 Å². The van der Waals surface area contributed by atoms with E-state index in [1.165, 1.54) is 18.3 Å². The number of carbonyl (C=O) groups excluding carboxylic acids is 1. The van der Waals surface area contributed by atoms with Crippen LogP contribution in [0.3, 0.4) is 0 Å². The number of carboxylic acid groups (broad SMARTS) is 1. The number of pyridine rings is 1. The van der Waals surface area contributed by atoms with Crippen LogP contribution in [0.15, 0.2) is 18.3 Å². The van der Waals surface area contributed by atoms with Gasteiger partial charge in [-0.05, 0) is 12.1 Å². The number of nitrogens with one attached hydrogen (secondary N) is 1. The molecule has 0 saturated carbocycles. The fourth-order valence-electron chi connectivity index (χ4n) is 1.10. The molecule has 0 aromatic carbocycles. The number of hydrogen-bond acceptors (Lipinski definition) is 5. The zero-order chi connectivity index (χ0) is 13.4. The maximum Gasteiger partial charge on any atom is 0.354 e. The van der Waals surface area contributed by atoms with Crippen molar-refractivity contribution in [3.05, 3.63) is 24.0 Å². The average molecular weight is 254 g/mol. The summed E-state index contributed by atoms with van der Waals surface area (Å²) in [7, 11) is 1.54. The van der Waals surface area contributed by atoms with Crippen LogP contribution in [0.5, 0.6) is 0 Å². The molecule has 0 atom stereocenters. The van der Waals surface area contributed by atoms with E-state index in [4.69, 9.17) is 14.6 Å². The van der Waals surface area contributed by atoms with E-state index in [0.717, 1.165) is 0 Å². The molecular weight excluding hydrogens is 240 g/mol. The second-order valence-corrected chi connectivity index (χ2v) is 3.33. The molecule has 7 nitrogen and oxygen atoms in total. The van der Waals surface area contributed by atoms with E-state index in [0.29, 0.717) is 18.9 Å². The third-order valence-electron chi connectivity index (χ3n) is 1.93. The van der Waals surface area contributed by atoms with Gasteiger partial charge in [-0.3, -0.25) is 4.79 Å². The Kier molecular flexibility index (Phi) is 5.75. The molecule has 1 amide bonds. The quantitative estimate of drug-likeness (QED) is 0.683. The minimum absolute atomic E-state index is 0.0793. The Labute approximate surface area is 104 Å². The molecule has 0 fully saturated rings. The highest BCUT2D eigenvalue weighted by molar-refractivity contribution is 5.92. The summed E-state index contributed by atoms with van der Waals surface area (Å²) in [5.74, 6) is -1.45. The molecule has 0 aliphatic rings. The van der Waals surface area contributed by atoms with E-state index in [9.17, 15) is 9.59 Å². The lowest BCUT2D eigenvalue weighted by atomic mass is 10.3. The normalized spacial score (nSPS) is 10.1. The van der Waals surface area contributed by atoms with Gasteiger partial charge in [-0.2, -0.15) is 0 Å². The van der Waals surface area contributed by atoms with Crippen molar-refractivity contribution >= 4 is 17.6 Å². The van der Waals surface area contributed by atoms with Crippen molar-refractivity contribution in [3.63, 3.8) is 0 Å². The van der Waals surface area contributed by atoms with Crippen molar-refractivity contribution in [2.75, 3.05) is 32.2 Å². The van der Waals surface area contributed by atoms with Crippen LogP contribution in [-0.4, -0.2) is 48.9 Å². The third-order valence-corrected chi connectivity index (χ3v) is 1.93. The lowest BCUT2D eigenvalue weighted by Crippen LogP contribution is -2.19. The Morgan fingerprint density at radius 2 is 2.17 bits per heavy atom. The van der Waals surface area contributed by atoms with Gasteiger partial charge in [-0.25, -0.2) is 9.78 Å². The van der Waals surface area contributed by atoms with E-state index in [-0.39, 0.29) is 18.2 Å². The molecule has 0 unspecified atom stereocenters. The second-order valence-electron chi connectivity index (χ2n) is 3.33. The number of aromatic nitrogens is 1. The highest BCUT2D eigenvalue weighted by Crippen LogP contribution is 2.05. The number of amides is 1. The molecule has 0 bridgehead atoms. The Morgan fingerprint density at radius 3 is 2.72 bits per heavy atom. The predicted octanol–water partition coefficient (Wildman–Crippen LogP) is 0.381. The lowest BCUT2D eigenvalue weighted by molar-refractivity contribution is -0.121. The van der Waals surface area contributed by atoms with Gasteiger partial charge in [0, 0.05) is 7.11 Å². The van der Waals surface area contributed by atoms with Gasteiger partial charge >= 0.3 is 5.97 Å². The largest absolute Gasteiger partial charge is 0.477 e. The minimum Gasteiger partial charge on any atom is -0.477 e. The van der Waals surface area contributed by atoms with Gasteiger partial charge in [0.15, 0.2) is 0 Å². The number of carboxylic acids is 1. The number of nitrogens with zero attached hydrogens (tertiary/aromatic N) is 1. The van der Waals surface area contributed by atoms with Crippen molar-refractivity contribution in [2.45, 2.75) is 0 Å². The van der Waals surface area contributed by atoms with E-state index < -0.39 is 5.97 Å². The number of methoxy groups -OCH3 is 1. The summed E-state index contributed by atoms with van der Waals surface area (Å²) in [6.07, 6.45) is 1.27. The highest BCUT2D eigenvalue weighted by Gasteiger charge is 2.06. The Bertz CT molecular complexity index is 404. The molecule has 1 aromatic rings. The van der Waals surface area contributed by atoms with Crippen molar-refractivity contribution in [1.29, 1.82) is 0 Å². The smallest absolute Gasteiger partial charge is 0.354 e. The highest BCUT2D eigenvalue weighted by atomic mass is 16.5. The number of hydrogen-bond donors (Lipinski definition) is 2. The van der Waals surface area contributed by atoms with Crippen LogP contribution in [-0.2, 0) is 14.3 Å². The topological polar surface area (TPSA) is 97.8 Å². The second kappa shape index (κ2) is 7.36. The van der Waals surface area contributed by atoms with Crippen molar-refractivity contribution in [1.82, 2.24) is 4.98 Å². The predicted molar refractivity (Wildman–Crippen MR) is 62.5 cm³/mol. The summed E-state index contributed by atoms with van der Waals surface area (Å²) in [4.78, 5) is 25.6. The monoisotopic (exact) mass is 254 g/mol. The standard InChI is InChI=1S/C11H14N2O5/c1-17-4-5-18-7-10(14)13-8-2-3-9(11(15)16)12-6-8/h2-3,6H,4-5,7H2,1H3,(H,13,14)(H,15,16). The summed E-state index contributed by atoms with van der Waals surface area (Å²) in [5, 5.41) is 11.2. The summed E-state index contributed by atoms with van der Waals surface area (Å²) in [6, 6.07) is 2.77. The first kappa shape index (κ1) is 14.1. The molecule has 1 rings (SSSR count). The molecule has 0 spiro atoms. The number of ether oxygens (including phenoxy) is 2. The molecular formula is C11H14N2O5. The molecule has 2 N–H and O–H groups in total. The SMILES string of the molecule is COCCOCC(=O)Nc1ccc(C(=O)O)nc1. The van der Waals surface area contributed by atoms with E-state index in [1.807, 2.05) is 0 Å². The van der Waals surface area contributed by atoms with E-state index in [1.54, 1.807) is 7.11 Å². The first-order valence-electron chi connectivity index (χ1n) is 5.19. The Hall–Kier alpha value is -1.99. The first-order valence-corrected chi connectivity index (χ1v) is 5.19. The summed E-state index contributed by atoms with van der Waals surface area (Å²) < 4.78 is 9.77. The molecule has 18 heavy (non-hydrogen) atoms. The molecule has 0 aliphatic heterocycles. The zero-order valence-corrected chi connectivity index (χ0v) is 9.88. The van der Waals surface area contributed by atoms with Gasteiger partial charge in [0.05, 0.1) is 25.1 Å². The Morgan fingerprint density at radius 1 is 1.39 bits per heavy atom. The molecule has 0 radical (unpaired) electrons. The van der Waals surface area contributed by atoms with Crippen LogP contribution in [0.25, 0.3) is 0 Å². The van der Waals surface area contributed by atoms with Crippen molar-refractivity contribution in [3.8, 4) is 0 Å².